The number of rotatable bonds is 1. The monoisotopic (exact) mass is 274 g/mol. The van der Waals surface area contributed by atoms with E-state index < -0.39 is 0 Å². The second kappa shape index (κ2) is 2.93. The highest BCUT2D eigenvalue weighted by atomic mass is 127. The Morgan fingerprint density at radius 3 is 3.08 bits per heavy atom. The van der Waals surface area contributed by atoms with E-state index in [4.69, 9.17) is 4.74 Å². The molecule has 0 spiro atoms. The SMILES string of the molecule is COc1cc(I)cc2[nH]cnc12. The molecule has 3 nitrogen and oxygen atoms in total. The molecule has 0 amide bonds. The number of methoxy groups -OCH3 is 1. The Balaban J connectivity index is 2.80. The van der Waals surface area contributed by atoms with Crippen LogP contribution in [0.3, 0.4) is 0 Å². The summed E-state index contributed by atoms with van der Waals surface area (Å²) >= 11 is 2.25. The maximum absolute atomic E-state index is 5.18. The highest BCUT2D eigenvalue weighted by molar-refractivity contribution is 14.1. The van der Waals surface area contributed by atoms with Crippen LogP contribution >= 0.6 is 22.6 Å². The van der Waals surface area contributed by atoms with E-state index in [0.29, 0.717) is 0 Å². The van der Waals surface area contributed by atoms with E-state index in [1.54, 1.807) is 13.4 Å². The molecule has 0 bridgehead atoms. The van der Waals surface area contributed by atoms with Crippen LogP contribution in [-0.2, 0) is 0 Å². The molecule has 2 aromatic rings. The first-order valence-corrected chi connectivity index (χ1v) is 4.56. The van der Waals surface area contributed by atoms with Gasteiger partial charge in [0.05, 0.1) is 19.0 Å². The van der Waals surface area contributed by atoms with Crippen molar-refractivity contribution >= 4 is 33.6 Å². The van der Waals surface area contributed by atoms with E-state index in [2.05, 4.69) is 32.6 Å². The molecule has 0 aliphatic carbocycles. The maximum atomic E-state index is 5.18. The Morgan fingerprint density at radius 2 is 2.33 bits per heavy atom. The Morgan fingerprint density at radius 1 is 1.50 bits per heavy atom. The van der Waals surface area contributed by atoms with E-state index in [9.17, 15) is 0 Å². The number of nitrogens with one attached hydrogen (secondary N) is 1. The van der Waals surface area contributed by atoms with Gasteiger partial charge in [-0.15, -0.1) is 0 Å². The zero-order chi connectivity index (χ0) is 8.55. The van der Waals surface area contributed by atoms with Crippen molar-refractivity contribution in [3.63, 3.8) is 0 Å². The number of hydrogen-bond acceptors (Lipinski definition) is 2. The molecule has 62 valence electrons. The van der Waals surface area contributed by atoms with Crippen molar-refractivity contribution in [3.8, 4) is 5.75 Å². The fraction of sp³-hybridized carbons (Fsp3) is 0.125. The molecule has 0 aliphatic heterocycles. The van der Waals surface area contributed by atoms with Gasteiger partial charge in [-0.1, -0.05) is 0 Å². The van der Waals surface area contributed by atoms with Crippen LogP contribution in [0.15, 0.2) is 18.5 Å². The third-order valence-electron chi connectivity index (χ3n) is 1.67. The Hall–Kier alpha value is -0.780. The third kappa shape index (κ3) is 1.16. The minimum absolute atomic E-state index is 0.818. The van der Waals surface area contributed by atoms with Gasteiger partial charge in [0.25, 0.3) is 0 Å². The second-order valence-electron chi connectivity index (χ2n) is 2.41. The fourth-order valence-electron chi connectivity index (χ4n) is 1.14. The van der Waals surface area contributed by atoms with Crippen LogP contribution in [0.4, 0.5) is 0 Å². The first-order valence-electron chi connectivity index (χ1n) is 3.48. The van der Waals surface area contributed by atoms with Crippen molar-refractivity contribution in [1.82, 2.24) is 9.97 Å². The largest absolute Gasteiger partial charge is 0.494 e. The average molecular weight is 274 g/mol. The zero-order valence-corrected chi connectivity index (χ0v) is 8.62. The number of nitrogens with zero attached hydrogens (tertiary/aromatic N) is 1. The Bertz CT molecular complexity index is 410. The standard InChI is InChI=1S/C8H7IN2O/c1-12-7-3-5(9)2-6-8(7)11-4-10-6/h2-4H,1H3,(H,10,11). The van der Waals surface area contributed by atoms with Crippen LogP contribution in [0.5, 0.6) is 5.75 Å². The summed E-state index contributed by atoms with van der Waals surface area (Å²) in [5.74, 6) is 0.818. The summed E-state index contributed by atoms with van der Waals surface area (Å²) in [6, 6.07) is 4.00. The lowest BCUT2D eigenvalue weighted by Crippen LogP contribution is -1.85. The maximum Gasteiger partial charge on any atom is 0.147 e. The molecule has 1 N–H and O–H groups in total. The average Bonchev–Trinajstić information content (AvgIpc) is 2.50. The summed E-state index contributed by atoms with van der Waals surface area (Å²) < 4.78 is 6.32. The number of aromatic amines is 1. The molecule has 1 aromatic carbocycles. The predicted octanol–water partition coefficient (Wildman–Crippen LogP) is 2.18. The summed E-state index contributed by atoms with van der Waals surface area (Å²) in [4.78, 5) is 7.19. The lowest BCUT2D eigenvalue weighted by atomic mass is 10.3. The number of imidazole rings is 1. The van der Waals surface area contributed by atoms with Crippen LogP contribution in [0.25, 0.3) is 11.0 Å². The predicted molar refractivity (Wildman–Crippen MR) is 55.4 cm³/mol. The van der Waals surface area contributed by atoms with Crippen molar-refractivity contribution < 1.29 is 4.74 Å². The molecule has 0 saturated heterocycles. The van der Waals surface area contributed by atoms with Crippen LogP contribution in [0.2, 0.25) is 0 Å². The number of halogens is 1. The molecule has 2 rings (SSSR count). The van der Waals surface area contributed by atoms with Crippen LogP contribution in [-0.4, -0.2) is 17.1 Å². The van der Waals surface area contributed by atoms with Gasteiger partial charge in [0.15, 0.2) is 0 Å². The second-order valence-corrected chi connectivity index (χ2v) is 3.65. The van der Waals surface area contributed by atoms with Gasteiger partial charge in [0.1, 0.15) is 11.3 Å². The summed E-state index contributed by atoms with van der Waals surface area (Å²) in [6.45, 7) is 0. The summed E-state index contributed by atoms with van der Waals surface area (Å²) in [5.41, 5.74) is 1.90. The zero-order valence-electron chi connectivity index (χ0n) is 6.47. The van der Waals surface area contributed by atoms with Crippen LogP contribution in [0, 0.1) is 3.57 Å². The van der Waals surface area contributed by atoms with Crippen molar-refractivity contribution in [1.29, 1.82) is 0 Å². The van der Waals surface area contributed by atoms with Gasteiger partial charge in [-0.3, -0.25) is 0 Å². The number of hydrogen-bond donors (Lipinski definition) is 1. The molecule has 0 aliphatic rings. The number of H-pyrrole nitrogens is 1. The molecule has 12 heavy (non-hydrogen) atoms. The molecule has 0 atom stereocenters. The number of benzene rings is 1. The molecule has 0 fully saturated rings. The van der Waals surface area contributed by atoms with Gasteiger partial charge in [-0.05, 0) is 34.7 Å². The smallest absolute Gasteiger partial charge is 0.147 e. The minimum atomic E-state index is 0.818. The summed E-state index contributed by atoms with van der Waals surface area (Å²) in [5, 5.41) is 0. The van der Waals surface area contributed by atoms with Crippen LogP contribution < -0.4 is 4.74 Å². The molecule has 0 radical (unpaired) electrons. The van der Waals surface area contributed by atoms with E-state index in [0.717, 1.165) is 20.4 Å². The summed E-state index contributed by atoms with van der Waals surface area (Å²) in [6.07, 6.45) is 1.67. The highest BCUT2D eigenvalue weighted by Gasteiger charge is 2.04. The Labute approximate surface area is 83.3 Å². The molecule has 0 saturated carbocycles. The highest BCUT2D eigenvalue weighted by Crippen LogP contribution is 2.24. The molecule has 1 heterocycles. The van der Waals surface area contributed by atoms with Crippen molar-refractivity contribution in [2.45, 2.75) is 0 Å². The van der Waals surface area contributed by atoms with Crippen LogP contribution in [0.1, 0.15) is 0 Å². The first kappa shape index (κ1) is 7.85. The van der Waals surface area contributed by atoms with Crippen molar-refractivity contribution in [3.05, 3.63) is 22.0 Å². The normalized spacial score (nSPS) is 10.5. The van der Waals surface area contributed by atoms with Gasteiger partial charge < -0.3 is 9.72 Å². The van der Waals surface area contributed by atoms with Gasteiger partial charge in [-0.25, -0.2) is 4.98 Å². The molecule has 0 unspecified atom stereocenters. The van der Waals surface area contributed by atoms with Gasteiger partial charge in [0, 0.05) is 3.57 Å². The number of fused-ring (bicyclic) bond motifs is 1. The molecule has 4 heteroatoms. The third-order valence-corrected chi connectivity index (χ3v) is 2.30. The van der Waals surface area contributed by atoms with Gasteiger partial charge >= 0.3 is 0 Å². The molecule has 1 aromatic heterocycles. The molecular formula is C8H7IN2O. The lowest BCUT2D eigenvalue weighted by molar-refractivity contribution is 0.418. The van der Waals surface area contributed by atoms with E-state index in [-0.39, 0.29) is 0 Å². The van der Waals surface area contributed by atoms with E-state index >= 15 is 0 Å². The van der Waals surface area contributed by atoms with E-state index in [1.165, 1.54) is 0 Å². The quantitative estimate of drug-likeness (QED) is 0.809. The number of aromatic nitrogens is 2. The fourth-order valence-corrected chi connectivity index (χ4v) is 1.73. The summed E-state index contributed by atoms with van der Waals surface area (Å²) in [7, 11) is 1.65. The van der Waals surface area contributed by atoms with Crippen molar-refractivity contribution in [2.24, 2.45) is 0 Å². The van der Waals surface area contributed by atoms with Gasteiger partial charge in [0.2, 0.25) is 0 Å². The molecular weight excluding hydrogens is 267 g/mol. The lowest BCUT2D eigenvalue weighted by Gasteiger charge is -2.00. The van der Waals surface area contributed by atoms with Crippen molar-refractivity contribution in [2.75, 3.05) is 7.11 Å². The van der Waals surface area contributed by atoms with Gasteiger partial charge in [-0.2, -0.15) is 0 Å². The minimum Gasteiger partial charge on any atom is -0.494 e. The first-order chi connectivity index (χ1) is 5.81. The Kier molecular flexibility index (Phi) is 1.92. The topological polar surface area (TPSA) is 37.9 Å². The number of ether oxygens (including phenoxy) is 1. The van der Waals surface area contributed by atoms with E-state index in [1.807, 2.05) is 12.1 Å².